The van der Waals surface area contributed by atoms with Gasteiger partial charge in [0.2, 0.25) is 0 Å². The van der Waals surface area contributed by atoms with Gasteiger partial charge < -0.3 is 34.9 Å². The number of fused-ring (bicyclic) bond motifs is 2. The lowest BCUT2D eigenvalue weighted by Crippen LogP contribution is -2.83. The van der Waals surface area contributed by atoms with E-state index in [0.717, 1.165) is 6.54 Å². The summed E-state index contributed by atoms with van der Waals surface area (Å²) < 4.78 is 24.9. The molecule has 0 radical (unpaired) electrons. The molecule has 6 fully saturated rings. The van der Waals surface area contributed by atoms with E-state index >= 15 is 0 Å². The largest absolute Gasteiger partial charge is 0.454 e. The van der Waals surface area contributed by atoms with Gasteiger partial charge in [-0.05, 0) is 44.4 Å². The average Bonchev–Trinajstić information content (AvgIpc) is 3.35. The van der Waals surface area contributed by atoms with E-state index in [1.165, 1.54) is 0 Å². The lowest BCUT2D eigenvalue weighted by Gasteiger charge is -2.70. The number of piperidine rings is 1. The van der Waals surface area contributed by atoms with E-state index < -0.39 is 34.3 Å². The second-order valence-electron chi connectivity index (χ2n) is 13.0. The van der Waals surface area contributed by atoms with Gasteiger partial charge in [0.15, 0.2) is 0 Å². The first-order valence-electron chi connectivity index (χ1n) is 14.5. The Hall–Kier alpha value is -1.75. The fourth-order valence-corrected chi connectivity index (χ4v) is 11.3. The molecule has 1 heterocycles. The lowest BCUT2D eigenvalue weighted by atomic mass is 9.44. The number of likely N-dealkylation sites (N-methyl/N-ethyl adjacent to an activating group) is 1. The van der Waals surface area contributed by atoms with E-state index in [9.17, 15) is 15.0 Å². The Morgan fingerprint density at radius 1 is 1.10 bits per heavy atom. The Labute approximate surface area is 229 Å². The standard InChI is InChI=1S/C30H42N2O7/c1-5-32-15-27(39-26(33)16-8-6-7-9-19(16)31)11-10-23(37-3)29-21(27)13-18(24(29)32)28(34)14-20(36-2)17-12-22(29)30(28,35)25(17)38-4/h6-9,17-18,20-25,34-35H,5,10-15,31H2,1-4H3/t17-,18-,20-,21+,22-,23-,24-,25+,27+,28+,29-,30-/m0/s1. The summed E-state index contributed by atoms with van der Waals surface area (Å²) in [5.74, 6) is -1.06. The minimum atomic E-state index is -1.44. The first kappa shape index (κ1) is 26.2. The van der Waals surface area contributed by atoms with Crippen LogP contribution in [0.15, 0.2) is 24.3 Å². The Balaban J connectivity index is 1.42. The number of hydrogen-bond acceptors (Lipinski definition) is 9. The topological polar surface area (TPSA) is 124 Å². The lowest BCUT2D eigenvalue weighted by molar-refractivity contribution is -0.337. The van der Waals surface area contributed by atoms with Crippen LogP contribution in [0.25, 0.3) is 0 Å². The van der Waals surface area contributed by atoms with Crippen molar-refractivity contribution in [3.05, 3.63) is 29.8 Å². The maximum atomic E-state index is 13.7. The van der Waals surface area contributed by atoms with E-state index in [-0.39, 0.29) is 41.9 Å². The molecule has 7 bridgehead atoms. The number of carbonyl (C=O) groups excluding carboxylic acids is 1. The van der Waals surface area contributed by atoms with E-state index in [2.05, 4.69) is 11.8 Å². The molecule has 5 aliphatic carbocycles. The smallest absolute Gasteiger partial charge is 0.340 e. The van der Waals surface area contributed by atoms with Crippen molar-refractivity contribution >= 4 is 11.7 Å². The number of benzene rings is 1. The van der Waals surface area contributed by atoms with E-state index in [4.69, 9.17) is 24.7 Å². The number of nitrogens with two attached hydrogens (primary N) is 1. The zero-order chi connectivity index (χ0) is 27.5. The number of nitrogens with zero attached hydrogens (tertiary/aromatic N) is 1. The van der Waals surface area contributed by atoms with Gasteiger partial charge in [0.05, 0.1) is 23.9 Å². The monoisotopic (exact) mass is 542 g/mol. The quantitative estimate of drug-likeness (QED) is 0.365. The molecule has 7 rings (SSSR count). The highest BCUT2D eigenvalue weighted by molar-refractivity contribution is 5.95. The molecule has 214 valence electrons. The fraction of sp³-hybridized carbons (Fsp3) is 0.767. The Morgan fingerprint density at radius 3 is 2.54 bits per heavy atom. The minimum absolute atomic E-state index is 0.00601. The third-order valence-corrected chi connectivity index (χ3v) is 12.4. The molecule has 1 aliphatic heterocycles. The van der Waals surface area contributed by atoms with Crippen molar-refractivity contribution in [3.8, 4) is 0 Å². The number of anilines is 1. The molecule has 5 saturated carbocycles. The van der Waals surface area contributed by atoms with Crippen LogP contribution in [0, 0.1) is 29.1 Å². The van der Waals surface area contributed by atoms with Gasteiger partial charge in [0.25, 0.3) is 0 Å². The summed E-state index contributed by atoms with van der Waals surface area (Å²) in [6.45, 7) is 3.47. The maximum absolute atomic E-state index is 13.7. The normalized spacial score (nSPS) is 51.1. The van der Waals surface area contributed by atoms with Crippen LogP contribution >= 0.6 is 0 Å². The van der Waals surface area contributed by atoms with E-state index in [0.29, 0.717) is 49.9 Å². The van der Waals surface area contributed by atoms with Crippen LogP contribution < -0.4 is 5.73 Å². The van der Waals surface area contributed by atoms with Crippen LogP contribution in [0.2, 0.25) is 0 Å². The van der Waals surface area contributed by atoms with Crippen LogP contribution in [0.1, 0.15) is 49.4 Å². The van der Waals surface area contributed by atoms with Gasteiger partial charge in [-0.2, -0.15) is 0 Å². The Bertz CT molecular complexity index is 1180. The highest BCUT2D eigenvalue weighted by Gasteiger charge is 2.89. The number of hydrogen-bond donors (Lipinski definition) is 3. The number of esters is 1. The van der Waals surface area contributed by atoms with E-state index in [1.807, 2.05) is 6.07 Å². The first-order chi connectivity index (χ1) is 18.7. The van der Waals surface area contributed by atoms with Gasteiger partial charge in [-0.3, -0.25) is 4.90 Å². The van der Waals surface area contributed by atoms with Crippen molar-refractivity contribution in [1.82, 2.24) is 4.90 Å². The van der Waals surface area contributed by atoms with Crippen LogP contribution in [0.4, 0.5) is 5.69 Å². The number of ether oxygens (including phenoxy) is 4. The molecule has 9 heteroatoms. The summed E-state index contributed by atoms with van der Waals surface area (Å²) in [5, 5.41) is 25.6. The zero-order valence-corrected chi connectivity index (χ0v) is 23.3. The molecular formula is C30H42N2O7. The number of aliphatic hydroxyl groups is 2. The van der Waals surface area contributed by atoms with Crippen LogP contribution in [0.3, 0.4) is 0 Å². The summed E-state index contributed by atoms with van der Waals surface area (Å²) >= 11 is 0. The minimum Gasteiger partial charge on any atom is -0.454 e. The summed E-state index contributed by atoms with van der Waals surface area (Å²) in [6, 6.07) is 7.04. The number of likely N-dealkylation sites (tertiary alicyclic amines) is 1. The molecule has 0 unspecified atom stereocenters. The van der Waals surface area contributed by atoms with Gasteiger partial charge in [-0.15, -0.1) is 0 Å². The molecule has 1 aromatic carbocycles. The third-order valence-electron chi connectivity index (χ3n) is 12.4. The second kappa shape index (κ2) is 8.39. The van der Waals surface area contributed by atoms with Gasteiger partial charge in [-0.1, -0.05) is 19.1 Å². The van der Waals surface area contributed by atoms with Crippen LogP contribution in [0.5, 0.6) is 0 Å². The summed E-state index contributed by atoms with van der Waals surface area (Å²) in [4.78, 5) is 16.1. The Morgan fingerprint density at radius 2 is 1.87 bits per heavy atom. The van der Waals surface area contributed by atoms with Crippen molar-refractivity contribution < 1.29 is 34.0 Å². The zero-order valence-electron chi connectivity index (χ0n) is 23.3. The van der Waals surface area contributed by atoms with Crippen molar-refractivity contribution in [1.29, 1.82) is 0 Å². The summed E-state index contributed by atoms with van der Waals surface area (Å²) in [7, 11) is 5.09. The molecule has 1 aromatic rings. The molecule has 0 amide bonds. The molecule has 12 atom stereocenters. The number of para-hydroxylation sites is 1. The van der Waals surface area contributed by atoms with Gasteiger partial charge >= 0.3 is 5.97 Å². The SMILES string of the molecule is CCN1C[C@]2(OC(=O)c3ccccc3N)CC[C@H](OC)[C@]34[C@@H]1[C@H](C[C@H]23)[C@]1(O)C[C@H](OC)[C@@H]2C[C@@H]4[C@]1(O)[C@@H]2OC. The van der Waals surface area contributed by atoms with E-state index in [1.54, 1.807) is 39.5 Å². The van der Waals surface area contributed by atoms with Crippen molar-refractivity contribution in [2.75, 3.05) is 40.2 Å². The average molecular weight is 543 g/mol. The van der Waals surface area contributed by atoms with Gasteiger partial charge in [0, 0.05) is 75.1 Å². The summed E-state index contributed by atoms with van der Waals surface area (Å²) in [6.07, 6.45) is 2.17. The van der Waals surface area contributed by atoms with Crippen molar-refractivity contribution in [2.24, 2.45) is 29.1 Å². The first-order valence-corrected chi connectivity index (χ1v) is 14.5. The van der Waals surface area contributed by atoms with Crippen LogP contribution in [-0.4, -0.2) is 96.7 Å². The van der Waals surface area contributed by atoms with Gasteiger partial charge in [0.1, 0.15) is 16.8 Å². The maximum Gasteiger partial charge on any atom is 0.340 e. The number of nitrogen functional groups attached to an aromatic ring is 1. The third kappa shape index (κ3) is 2.80. The highest BCUT2D eigenvalue weighted by Crippen LogP contribution is 2.79. The number of carbonyl (C=O) groups is 1. The predicted octanol–water partition coefficient (Wildman–Crippen LogP) is 1.85. The Kier molecular flexibility index (Phi) is 5.63. The van der Waals surface area contributed by atoms with Crippen molar-refractivity contribution in [3.63, 3.8) is 0 Å². The summed E-state index contributed by atoms with van der Waals surface area (Å²) in [5.41, 5.74) is 2.84. The number of rotatable bonds is 6. The van der Waals surface area contributed by atoms with Crippen LogP contribution in [-0.2, 0) is 18.9 Å². The molecule has 1 saturated heterocycles. The molecule has 6 aliphatic rings. The molecular weight excluding hydrogens is 500 g/mol. The van der Waals surface area contributed by atoms with Crippen molar-refractivity contribution in [2.45, 2.75) is 80.2 Å². The molecule has 1 spiro atoms. The second-order valence-corrected chi connectivity index (χ2v) is 13.0. The molecule has 4 N–H and O–H groups in total. The predicted molar refractivity (Wildman–Crippen MR) is 142 cm³/mol. The molecule has 0 aromatic heterocycles. The fourth-order valence-electron chi connectivity index (χ4n) is 11.3. The molecule has 39 heavy (non-hydrogen) atoms. The van der Waals surface area contributed by atoms with Gasteiger partial charge in [-0.25, -0.2) is 4.79 Å². The highest BCUT2D eigenvalue weighted by atomic mass is 16.6. The molecule has 9 nitrogen and oxygen atoms in total. The number of methoxy groups -OCH3 is 3.